The Hall–Kier alpha value is -1.59. The van der Waals surface area contributed by atoms with Gasteiger partial charge in [0.1, 0.15) is 11.3 Å². The maximum Gasteiger partial charge on any atom is 0.243 e. The van der Waals surface area contributed by atoms with E-state index in [-0.39, 0.29) is 18.6 Å². The predicted octanol–water partition coefficient (Wildman–Crippen LogP) is 0.990. The molecule has 1 heterocycles. The van der Waals surface area contributed by atoms with Gasteiger partial charge in [-0.3, -0.25) is 4.79 Å². The molecule has 1 fully saturated rings. The molecule has 2 rings (SSSR count). The first-order valence-corrected chi connectivity index (χ1v) is 6.37. The summed E-state index contributed by atoms with van der Waals surface area (Å²) in [4.78, 5) is 12.2. The molecule has 5 heteroatoms. The van der Waals surface area contributed by atoms with E-state index in [1.807, 2.05) is 31.2 Å². The fourth-order valence-corrected chi connectivity index (χ4v) is 2.09. The van der Waals surface area contributed by atoms with Crippen LogP contribution in [0.25, 0.3) is 0 Å². The molecule has 1 aromatic rings. The number of amides is 1. The van der Waals surface area contributed by atoms with Crippen LogP contribution in [0.15, 0.2) is 24.3 Å². The van der Waals surface area contributed by atoms with E-state index in [9.17, 15) is 4.79 Å². The van der Waals surface area contributed by atoms with E-state index in [1.165, 1.54) is 0 Å². The van der Waals surface area contributed by atoms with Gasteiger partial charge in [-0.25, -0.2) is 0 Å². The zero-order valence-electron chi connectivity index (χ0n) is 11.3. The average Bonchev–Trinajstić information content (AvgIpc) is 2.87. The molecule has 0 radical (unpaired) electrons. The molecule has 5 nitrogen and oxygen atoms in total. The second-order valence-electron chi connectivity index (χ2n) is 4.93. The number of hydrogen-bond donors (Lipinski definition) is 2. The molecule has 0 saturated carbocycles. The molecular weight excluding hydrogens is 244 g/mol. The number of nitrogens with one attached hydrogen (secondary N) is 1. The lowest BCUT2D eigenvalue weighted by atomic mass is 9.98. The number of rotatable bonds is 4. The zero-order valence-corrected chi connectivity index (χ0v) is 11.3. The first kappa shape index (κ1) is 13.8. The van der Waals surface area contributed by atoms with Crippen molar-refractivity contribution in [3.63, 3.8) is 0 Å². The van der Waals surface area contributed by atoms with Crippen LogP contribution < -0.4 is 15.8 Å². The topological polar surface area (TPSA) is 73.6 Å². The minimum atomic E-state index is -0.896. The lowest BCUT2D eigenvalue weighted by Crippen LogP contribution is -2.54. The van der Waals surface area contributed by atoms with Crippen LogP contribution in [0, 0.1) is 0 Å². The molecule has 0 aromatic heterocycles. The Morgan fingerprint density at radius 2 is 2.37 bits per heavy atom. The lowest BCUT2D eigenvalue weighted by Gasteiger charge is -2.24. The molecule has 3 N–H and O–H groups in total. The maximum absolute atomic E-state index is 12.2. The Bertz CT molecular complexity index is 456. The number of carbonyl (C=O) groups is 1. The summed E-state index contributed by atoms with van der Waals surface area (Å²) in [5.41, 5.74) is 6.11. The standard InChI is InChI=1S/C14H20N2O3/c1-10(11-4-3-5-12(8-11)18-2)16-13(17)14(15)6-7-19-9-14/h3-5,8,10H,6-7,9,15H2,1-2H3,(H,16,17)/t10-,14?/m1/s1. The Balaban J connectivity index is 2.03. The largest absolute Gasteiger partial charge is 0.497 e. The highest BCUT2D eigenvalue weighted by Gasteiger charge is 2.38. The molecule has 0 aliphatic carbocycles. The first-order chi connectivity index (χ1) is 9.05. The summed E-state index contributed by atoms with van der Waals surface area (Å²) >= 11 is 0. The quantitative estimate of drug-likeness (QED) is 0.850. The van der Waals surface area contributed by atoms with E-state index in [2.05, 4.69) is 5.32 Å². The summed E-state index contributed by atoms with van der Waals surface area (Å²) in [5, 5.41) is 2.93. The minimum absolute atomic E-state index is 0.122. The summed E-state index contributed by atoms with van der Waals surface area (Å²) in [6.07, 6.45) is 0.559. The van der Waals surface area contributed by atoms with Gasteiger partial charge >= 0.3 is 0 Å². The molecule has 1 saturated heterocycles. The van der Waals surface area contributed by atoms with Crippen molar-refractivity contribution in [2.75, 3.05) is 20.3 Å². The molecule has 1 aliphatic rings. The Morgan fingerprint density at radius 1 is 1.58 bits per heavy atom. The molecule has 0 bridgehead atoms. The number of carbonyl (C=O) groups excluding carboxylic acids is 1. The SMILES string of the molecule is COc1cccc([C@@H](C)NC(=O)C2(N)CCOC2)c1. The highest BCUT2D eigenvalue weighted by Crippen LogP contribution is 2.21. The lowest BCUT2D eigenvalue weighted by molar-refractivity contribution is -0.127. The number of benzene rings is 1. The van der Waals surface area contributed by atoms with Crippen LogP contribution in [-0.4, -0.2) is 31.8 Å². The van der Waals surface area contributed by atoms with Crippen molar-refractivity contribution in [1.29, 1.82) is 0 Å². The smallest absolute Gasteiger partial charge is 0.243 e. The molecule has 19 heavy (non-hydrogen) atoms. The van der Waals surface area contributed by atoms with Gasteiger partial charge in [0.25, 0.3) is 0 Å². The van der Waals surface area contributed by atoms with Gasteiger partial charge in [0, 0.05) is 6.61 Å². The number of ether oxygens (including phenoxy) is 2. The van der Waals surface area contributed by atoms with Crippen molar-refractivity contribution in [2.45, 2.75) is 24.9 Å². The molecule has 0 spiro atoms. The highest BCUT2D eigenvalue weighted by molar-refractivity contribution is 5.86. The summed E-state index contributed by atoms with van der Waals surface area (Å²) in [6.45, 7) is 2.74. The Labute approximate surface area is 113 Å². The van der Waals surface area contributed by atoms with Gasteiger partial charge in [-0.15, -0.1) is 0 Å². The van der Waals surface area contributed by atoms with Crippen molar-refractivity contribution in [3.8, 4) is 5.75 Å². The predicted molar refractivity (Wildman–Crippen MR) is 71.9 cm³/mol. The minimum Gasteiger partial charge on any atom is -0.497 e. The van der Waals surface area contributed by atoms with E-state index in [0.29, 0.717) is 13.0 Å². The van der Waals surface area contributed by atoms with E-state index >= 15 is 0 Å². The molecule has 104 valence electrons. The third-order valence-electron chi connectivity index (χ3n) is 3.45. The van der Waals surface area contributed by atoms with Crippen molar-refractivity contribution in [2.24, 2.45) is 5.73 Å². The average molecular weight is 264 g/mol. The maximum atomic E-state index is 12.2. The van der Waals surface area contributed by atoms with E-state index < -0.39 is 5.54 Å². The molecule has 1 amide bonds. The van der Waals surface area contributed by atoms with Gasteiger partial charge in [-0.1, -0.05) is 12.1 Å². The molecule has 2 atom stereocenters. The van der Waals surface area contributed by atoms with Gasteiger partial charge in [-0.05, 0) is 31.0 Å². The normalized spacial score (nSPS) is 23.9. The highest BCUT2D eigenvalue weighted by atomic mass is 16.5. The third kappa shape index (κ3) is 3.05. The van der Waals surface area contributed by atoms with Crippen molar-refractivity contribution < 1.29 is 14.3 Å². The van der Waals surface area contributed by atoms with Gasteiger partial charge in [0.15, 0.2) is 0 Å². The van der Waals surface area contributed by atoms with E-state index in [4.69, 9.17) is 15.2 Å². The molecule has 1 aromatic carbocycles. The van der Waals surface area contributed by atoms with Crippen molar-refractivity contribution in [1.82, 2.24) is 5.32 Å². The monoisotopic (exact) mass is 264 g/mol. The van der Waals surface area contributed by atoms with E-state index in [0.717, 1.165) is 11.3 Å². The first-order valence-electron chi connectivity index (χ1n) is 6.37. The number of nitrogens with two attached hydrogens (primary N) is 1. The van der Waals surface area contributed by atoms with Crippen LogP contribution in [0.2, 0.25) is 0 Å². The van der Waals surface area contributed by atoms with Gasteiger partial charge in [-0.2, -0.15) is 0 Å². The van der Waals surface area contributed by atoms with Crippen molar-refractivity contribution in [3.05, 3.63) is 29.8 Å². The second kappa shape index (κ2) is 5.59. The summed E-state index contributed by atoms with van der Waals surface area (Å²) in [6, 6.07) is 7.49. The van der Waals surface area contributed by atoms with Crippen LogP contribution >= 0.6 is 0 Å². The molecule has 1 aliphatic heterocycles. The van der Waals surface area contributed by atoms with Crippen LogP contribution in [0.5, 0.6) is 5.75 Å². The van der Waals surface area contributed by atoms with Crippen LogP contribution in [-0.2, 0) is 9.53 Å². The van der Waals surface area contributed by atoms with Crippen molar-refractivity contribution >= 4 is 5.91 Å². The fraction of sp³-hybridized carbons (Fsp3) is 0.500. The fourth-order valence-electron chi connectivity index (χ4n) is 2.09. The van der Waals surface area contributed by atoms with Crippen LogP contribution in [0.3, 0.4) is 0 Å². The van der Waals surface area contributed by atoms with Gasteiger partial charge in [0.2, 0.25) is 5.91 Å². The number of hydrogen-bond acceptors (Lipinski definition) is 4. The Kier molecular flexibility index (Phi) is 4.07. The summed E-state index contributed by atoms with van der Waals surface area (Å²) in [5.74, 6) is 0.602. The number of methoxy groups -OCH3 is 1. The summed E-state index contributed by atoms with van der Waals surface area (Å²) in [7, 11) is 1.62. The zero-order chi connectivity index (χ0) is 13.9. The van der Waals surface area contributed by atoms with Gasteiger partial charge in [0.05, 0.1) is 19.8 Å². The second-order valence-corrected chi connectivity index (χ2v) is 4.93. The molecule has 1 unspecified atom stereocenters. The van der Waals surface area contributed by atoms with Gasteiger partial charge < -0.3 is 20.5 Å². The van der Waals surface area contributed by atoms with Crippen LogP contribution in [0.4, 0.5) is 0 Å². The Morgan fingerprint density at radius 3 is 3.00 bits per heavy atom. The van der Waals surface area contributed by atoms with Crippen LogP contribution in [0.1, 0.15) is 24.9 Å². The molecular formula is C14H20N2O3. The third-order valence-corrected chi connectivity index (χ3v) is 3.45. The summed E-state index contributed by atoms with van der Waals surface area (Å²) < 4.78 is 10.4. The van der Waals surface area contributed by atoms with E-state index in [1.54, 1.807) is 7.11 Å².